The van der Waals surface area contributed by atoms with E-state index in [1.165, 1.54) is 10.4 Å². The average Bonchev–Trinajstić information content (AvgIpc) is 2.99. The van der Waals surface area contributed by atoms with E-state index in [9.17, 15) is 9.59 Å². The van der Waals surface area contributed by atoms with Gasteiger partial charge in [0.2, 0.25) is 0 Å². The number of ether oxygens (including phenoxy) is 1. The van der Waals surface area contributed by atoms with Gasteiger partial charge in [-0.05, 0) is 28.3 Å². The third kappa shape index (κ3) is 4.03. The fourth-order valence-corrected chi connectivity index (χ4v) is 8.46. The third-order valence-electron chi connectivity index (χ3n) is 5.14. The first-order valence-electron chi connectivity index (χ1n) is 9.62. The summed E-state index contributed by atoms with van der Waals surface area (Å²) in [6.45, 7) is 7.20. The number of carbonyl (C=O) groups excluding carboxylic acids is 2. The summed E-state index contributed by atoms with van der Waals surface area (Å²) in [6, 6.07) is 20.3. The van der Waals surface area contributed by atoms with Gasteiger partial charge in [-0.15, -0.1) is 0 Å². The van der Waals surface area contributed by atoms with Crippen molar-refractivity contribution in [3.8, 4) is 0 Å². The van der Waals surface area contributed by atoms with Crippen LogP contribution in [0.15, 0.2) is 60.7 Å². The van der Waals surface area contributed by atoms with Crippen LogP contribution in [0.3, 0.4) is 0 Å². The molecule has 1 aliphatic rings. The van der Waals surface area contributed by atoms with Gasteiger partial charge in [0.05, 0.1) is 0 Å². The molecule has 1 N–H and O–H groups in total. The smallest absolute Gasteiger partial charge is 0.407 e. The van der Waals surface area contributed by atoms with Crippen molar-refractivity contribution in [3.05, 3.63) is 60.7 Å². The highest BCUT2D eigenvalue weighted by Crippen LogP contribution is 2.36. The van der Waals surface area contributed by atoms with Gasteiger partial charge in [-0.25, -0.2) is 9.59 Å². The first kappa shape index (κ1) is 20.3. The zero-order chi connectivity index (χ0) is 20.2. The van der Waals surface area contributed by atoms with Crippen LogP contribution < -0.4 is 15.7 Å². The van der Waals surface area contributed by atoms with Crippen LogP contribution in [-0.4, -0.2) is 33.0 Å². The SMILES string of the molecule is CC(C)(C)[Si](OCCCC1NC(=O)OC1=O)(c1ccccc1)c1ccccc1. The molecule has 1 aliphatic heterocycles. The van der Waals surface area contributed by atoms with E-state index >= 15 is 0 Å². The Kier molecular flexibility index (Phi) is 6.01. The van der Waals surface area contributed by atoms with E-state index in [1.807, 2.05) is 12.1 Å². The highest BCUT2D eigenvalue weighted by Gasteiger charge is 2.50. The second-order valence-corrected chi connectivity index (χ2v) is 12.4. The molecule has 0 bridgehead atoms. The Hall–Kier alpha value is -2.44. The van der Waals surface area contributed by atoms with Gasteiger partial charge in [-0.1, -0.05) is 81.4 Å². The molecule has 2 aromatic carbocycles. The van der Waals surface area contributed by atoms with Gasteiger partial charge in [0.15, 0.2) is 0 Å². The number of amides is 1. The van der Waals surface area contributed by atoms with E-state index in [2.05, 4.69) is 79.4 Å². The number of alkyl carbamates (subject to hydrolysis) is 1. The van der Waals surface area contributed by atoms with E-state index in [0.717, 1.165) is 0 Å². The van der Waals surface area contributed by atoms with Gasteiger partial charge in [0, 0.05) is 6.61 Å². The second-order valence-electron chi connectivity index (χ2n) is 8.06. The van der Waals surface area contributed by atoms with Crippen LogP contribution in [0.25, 0.3) is 0 Å². The fraction of sp³-hybridized carbons (Fsp3) is 0.364. The molecule has 0 saturated carbocycles. The summed E-state index contributed by atoms with van der Waals surface area (Å²) in [5.41, 5.74) is 0. The van der Waals surface area contributed by atoms with Gasteiger partial charge < -0.3 is 14.5 Å². The maximum atomic E-state index is 11.6. The van der Waals surface area contributed by atoms with Crippen LogP contribution >= 0.6 is 0 Å². The van der Waals surface area contributed by atoms with Crippen molar-refractivity contribution >= 4 is 30.8 Å². The Morgan fingerprint density at radius 2 is 1.50 bits per heavy atom. The average molecular weight is 398 g/mol. The topological polar surface area (TPSA) is 64.6 Å². The van der Waals surface area contributed by atoms with Gasteiger partial charge in [0.1, 0.15) is 6.04 Å². The molecule has 1 atom stereocenters. The van der Waals surface area contributed by atoms with Crippen molar-refractivity contribution in [2.24, 2.45) is 0 Å². The lowest BCUT2D eigenvalue weighted by atomic mass is 10.2. The maximum Gasteiger partial charge on any atom is 0.415 e. The molecule has 0 aliphatic carbocycles. The standard InChI is InChI=1S/C22H27NO4Si/c1-22(2,3)28(17-11-6-4-7-12-17,18-13-8-5-9-14-18)26-16-10-15-19-20(24)27-21(25)23-19/h4-9,11-14,19H,10,15-16H2,1-3H3,(H,23,25). The predicted molar refractivity (Wildman–Crippen MR) is 111 cm³/mol. The molecule has 1 saturated heterocycles. The zero-order valence-electron chi connectivity index (χ0n) is 16.6. The largest absolute Gasteiger partial charge is 0.415 e. The van der Waals surface area contributed by atoms with Gasteiger partial charge in [-0.2, -0.15) is 0 Å². The number of hydrogen-bond donors (Lipinski definition) is 1. The molecule has 0 aromatic heterocycles. The first-order valence-corrected chi connectivity index (χ1v) is 11.5. The molecular weight excluding hydrogens is 370 g/mol. The fourth-order valence-electron chi connectivity index (χ4n) is 3.86. The van der Waals surface area contributed by atoms with E-state index in [1.54, 1.807) is 0 Å². The van der Waals surface area contributed by atoms with Crippen LogP contribution in [0.4, 0.5) is 4.79 Å². The molecule has 6 heteroatoms. The molecule has 1 heterocycles. The molecule has 5 nitrogen and oxygen atoms in total. The lowest BCUT2D eigenvalue weighted by Crippen LogP contribution is -2.66. The molecule has 2 aromatic rings. The van der Waals surface area contributed by atoms with Crippen molar-refractivity contribution in [3.63, 3.8) is 0 Å². The van der Waals surface area contributed by atoms with Gasteiger partial charge >= 0.3 is 12.1 Å². The maximum absolute atomic E-state index is 11.6. The molecule has 28 heavy (non-hydrogen) atoms. The number of nitrogens with one attached hydrogen (secondary N) is 1. The van der Waals surface area contributed by atoms with E-state index in [0.29, 0.717) is 19.4 Å². The number of cyclic esters (lactones) is 2. The van der Waals surface area contributed by atoms with E-state index < -0.39 is 26.4 Å². The Labute approximate surface area is 167 Å². The summed E-state index contributed by atoms with van der Waals surface area (Å²) < 4.78 is 11.3. The first-order chi connectivity index (χ1) is 13.3. The highest BCUT2D eigenvalue weighted by atomic mass is 28.4. The molecule has 1 amide bonds. The summed E-state index contributed by atoms with van der Waals surface area (Å²) >= 11 is 0. The molecule has 1 unspecified atom stereocenters. The molecule has 0 radical (unpaired) electrons. The van der Waals surface area contributed by atoms with Crippen LogP contribution in [-0.2, 0) is 14.0 Å². The summed E-state index contributed by atoms with van der Waals surface area (Å²) in [4.78, 5) is 22.8. The Balaban J connectivity index is 1.84. The summed E-state index contributed by atoms with van der Waals surface area (Å²) in [7, 11) is -2.56. The highest BCUT2D eigenvalue weighted by molar-refractivity contribution is 6.99. The molecule has 148 valence electrons. The number of esters is 1. The van der Waals surface area contributed by atoms with Gasteiger partial charge in [-0.3, -0.25) is 0 Å². The quantitative estimate of drug-likeness (QED) is 0.338. The molecule has 3 rings (SSSR count). The van der Waals surface area contributed by atoms with Crippen LogP contribution in [0.2, 0.25) is 5.04 Å². The summed E-state index contributed by atoms with van der Waals surface area (Å²) in [6.07, 6.45) is 0.496. The van der Waals surface area contributed by atoms with E-state index in [4.69, 9.17) is 4.43 Å². The van der Waals surface area contributed by atoms with Crippen molar-refractivity contribution in [1.82, 2.24) is 5.32 Å². The lowest BCUT2D eigenvalue weighted by molar-refractivity contribution is -0.135. The number of benzene rings is 2. The lowest BCUT2D eigenvalue weighted by Gasteiger charge is -2.43. The Bertz CT molecular complexity index is 778. The Morgan fingerprint density at radius 1 is 0.964 bits per heavy atom. The predicted octanol–water partition coefficient (Wildman–Crippen LogP) is 2.98. The van der Waals surface area contributed by atoms with Crippen molar-refractivity contribution in [2.75, 3.05) is 6.61 Å². The Morgan fingerprint density at radius 3 is 1.93 bits per heavy atom. The minimum atomic E-state index is -2.56. The van der Waals surface area contributed by atoms with Gasteiger partial charge in [0.25, 0.3) is 8.32 Å². The van der Waals surface area contributed by atoms with Crippen molar-refractivity contribution < 1.29 is 18.8 Å². The normalized spacial score (nSPS) is 17.3. The number of hydrogen-bond acceptors (Lipinski definition) is 4. The van der Waals surface area contributed by atoms with E-state index in [-0.39, 0.29) is 5.04 Å². The van der Waals surface area contributed by atoms with Crippen molar-refractivity contribution in [2.45, 2.75) is 44.7 Å². The van der Waals surface area contributed by atoms with Crippen LogP contribution in [0.1, 0.15) is 33.6 Å². The molecule has 0 spiro atoms. The minimum Gasteiger partial charge on any atom is -0.407 e. The second kappa shape index (κ2) is 8.28. The number of rotatable bonds is 7. The third-order valence-corrected chi connectivity index (χ3v) is 10.2. The van der Waals surface area contributed by atoms with Crippen LogP contribution in [0, 0.1) is 0 Å². The zero-order valence-corrected chi connectivity index (χ0v) is 17.6. The number of carbonyl (C=O) groups is 2. The summed E-state index contributed by atoms with van der Waals surface area (Å²) in [5.74, 6) is -0.504. The molecule has 1 fully saturated rings. The monoisotopic (exact) mass is 397 g/mol. The van der Waals surface area contributed by atoms with Crippen molar-refractivity contribution in [1.29, 1.82) is 0 Å². The molecular formula is C22H27NO4Si. The minimum absolute atomic E-state index is 0.0871. The summed E-state index contributed by atoms with van der Waals surface area (Å²) in [5, 5.41) is 4.90. The van der Waals surface area contributed by atoms with Crippen LogP contribution in [0.5, 0.6) is 0 Å².